The number of likely N-dealkylation sites (tertiary alicyclic amines) is 1. The number of hydrogen-bond donors (Lipinski definition) is 2. The summed E-state index contributed by atoms with van der Waals surface area (Å²) in [6.07, 6.45) is 0.815. The number of carbonyl (C=O) groups excluding carboxylic acids is 1. The molecule has 1 unspecified atom stereocenters. The molecule has 146 valence electrons. The number of benzene rings is 1. The van der Waals surface area contributed by atoms with Crippen LogP contribution in [0.1, 0.15) is 34.8 Å². The van der Waals surface area contributed by atoms with Gasteiger partial charge in [-0.15, -0.1) is 0 Å². The first kappa shape index (κ1) is 19.8. The largest absolute Gasteiger partial charge is 0.369 e. The van der Waals surface area contributed by atoms with Crippen molar-refractivity contribution in [2.24, 2.45) is 0 Å². The van der Waals surface area contributed by atoms with Crippen LogP contribution in [-0.4, -0.2) is 46.6 Å². The van der Waals surface area contributed by atoms with Gasteiger partial charge in [0, 0.05) is 18.7 Å². The van der Waals surface area contributed by atoms with E-state index in [0.717, 1.165) is 0 Å². The molecule has 2 aromatic rings. The normalized spacial score (nSPS) is 16.0. The number of rotatable bonds is 5. The second kappa shape index (κ2) is 8.40. The third-order valence-corrected chi connectivity index (χ3v) is 4.78. The molecule has 1 atom stereocenters. The molecule has 2 N–H and O–H groups in total. The van der Waals surface area contributed by atoms with Gasteiger partial charge in [-0.3, -0.25) is 4.79 Å². The van der Waals surface area contributed by atoms with Crippen molar-refractivity contribution in [2.45, 2.75) is 26.4 Å². The predicted molar refractivity (Wildman–Crippen MR) is 106 cm³/mol. The third kappa shape index (κ3) is 4.15. The Morgan fingerprint density at radius 2 is 2.29 bits per heavy atom. The minimum Gasteiger partial charge on any atom is -0.369 e. The number of anilines is 3. The Hall–Kier alpha value is -2.92. The fraction of sp³-hybridized carbons (Fsp3) is 0.368. The van der Waals surface area contributed by atoms with Crippen LogP contribution in [0.4, 0.5) is 21.8 Å². The van der Waals surface area contributed by atoms with Gasteiger partial charge in [0.1, 0.15) is 23.6 Å². The molecule has 0 saturated carbocycles. The molecule has 0 radical (unpaired) electrons. The molecule has 1 aromatic carbocycles. The van der Waals surface area contributed by atoms with Crippen molar-refractivity contribution >= 4 is 35.0 Å². The Kier molecular flexibility index (Phi) is 5.95. The van der Waals surface area contributed by atoms with E-state index in [0.29, 0.717) is 52.7 Å². The molecule has 28 heavy (non-hydrogen) atoms. The number of nitrogens with zero attached hydrogens (tertiary/aromatic N) is 4. The van der Waals surface area contributed by atoms with Crippen molar-refractivity contribution in [2.75, 3.05) is 30.3 Å². The van der Waals surface area contributed by atoms with Crippen LogP contribution in [0, 0.1) is 18.3 Å². The topological polar surface area (TPSA) is 93.9 Å². The zero-order valence-electron chi connectivity index (χ0n) is 15.6. The zero-order chi connectivity index (χ0) is 20.3. The maximum absolute atomic E-state index is 13.4. The van der Waals surface area contributed by atoms with Gasteiger partial charge < -0.3 is 15.5 Å². The fourth-order valence-electron chi connectivity index (χ4n) is 3.03. The number of alkyl halides is 1. The van der Waals surface area contributed by atoms with Gasteiger partial charge in [-0.1, -0.05) is 11.6 Å². The molecule has 1 aliphatic rings. The van der Waals surface area contributed by atoms with E-state index in [1.807, 2.05) is 13.0 Å². The van der Waals surface area contributed by atoms with Gasteiger partial charge in [0.2, 0.25) is 5.95 Å². The Bertz CT molecular complexity index is 945. The standard InChI is InChI=1S/C19H20ClFN6O/c1-3-23-17-12(8-22)9-24-19(26-17)25-16-6-11(2)14(7-15(16)20)18(28)27-5-4-13(21)10-27/h6-7,9,13H,3-5,10H2,1-2H3,(H2,23,24,25,26). The highest BCUT2D eigenvalue weighted by molar-refractivity contribution is 6.33. The number of halogens is 2. The zero-order valence-corrected chi connectivity index (χ0v) is 16.3. The second-order valence-electron chi connectivity index (χ2n) is 6.51. The molecule has 1 amide bonds. The van der Waals surface area contributed by atoms with Crippen LogP contribution in [0.15, 0.2) is 18.3 Å². The molecule has 1 aromatic heterocycles. The van der Waals surface area contributed by atoms with Crippen molar-refractivity contribution in [1.82, 2.24) is 14.9 Å². The second-order valence-corrected chi connectivity index (χ2v) is 6.91. The van der Waals surface area contributed by atoms with Gasteiger partial charge in [0.05, 0.1) is 23.5 Å². The van der Waals surface area contributed by atoms with Gasteiger partial charge in [-0.05, 0) is 38.0 Å². The van der Waals surface area contributed by atoms with E-state index in [1.54, 1.807) is 19.1 Å². The number of aryl methyl sites for hydroxylation is 1. The van der Waals surface area contributed by atoms with Gasteiger partial charge in [-0.2, -0.15) is 10.2 Å². The maximum Gasteiger partial charge on any atom is 0.254 e. The van der Waals surface area contributed by atoms with Crippen LogP contribution in [0.25, 0.3) is 0 Å². The van der Waals surface area contributed by atoms with Crippen LogP contribution in [0.2, 0.25) is 5.02 Å². The highest BCUT2D eigenvalue weighted by Gasteiger charge is 2.27. The van der Waals surface area contributed by atoms with E-state index in [9.17, 15) is 9.18 Å². The monoisotopic (exact) mass is 402 g/mol. The van der Waals surface area contributed by atoms with Crippen LogP contribution < -0.4 is 10.6 Å². The van der Waals surface area contributed by atoms with Crippen molar-refractivity contribution in [1.29, 1.82) is 5.26 Å². The quantitative estimate of drug-likeness (QED) is 0.792. The maximum atomic E-state index is 13.4. The summed E-state index contributed by atoms with van der Waals surface area (Å²) < 4.78 is 13.4. The van der Waals surface area contributed by atoms with E-state index in [1.165, 1.54) is 11.1 Å². The van der Waals surface area contributed by atoms with Crippen LogP contribution in [0.5, 0.6) is 0 Å². The Morgan fingerprint density at radius 1 is 1.50 bits per heavy atom. The smallest absolute Gasteiger partial charge is 0.254 e. The number of nitrogens with one attached hydrogen (secondary N) is 2. The molecule has 1 fully saturated rings. The number of carbonyl (C=O) groups is 1. The lowest BCUT2D eigenvalue weighted by Crippen LogP contribution is -2.29. The minimum atomic E-state index is -0.972. The van der Waals surface area contributed by atoms with E-state index in [2.05, 4.69) is 20.6 Å². The van der Waals surface area contributed by atoms with Crippen LogP contribution >= 0.6 is 11.6 Å². The Balaban J connectivity index is 1.84. The first-order chi connectivity index (χ1) is 13.4. The predicted octanol–water partition coefficient (Wildman–Crippen LogP) is 3.67. The number of aromatic nitrogens is 2. The highest BCUT2D eigenvalue weighted by Crippen LogP contribution is 2.30. The molecular formula is C19H20ClFN6O. The van der Waals surface area contributed by atoms with E-state index < -0.39 is 6.17 Å². The van der Waals surface area contributed by atoms with Crippen LogP contribution in [0.3, 0.4) is 0 Å². The lowest BCUT2D eigenvalue weighted by atomic mass is 10.1. The summed E-state index contributed by atoms with van der Waals surface area (Å²) in [7, 11) is 0. The van der Waals surface area contributed by atoms with E-state index in [-0.39, 0.29) is 18.4 Å². The molecule has 0 aliphatic carbocycles. The first-order valence-electron chi connectivity index (χ1n) is 8.94. The molecule has 3 rings (SSSR count). The van der Waals surface area contributed by atoms with Gasteiger partial charge in [0.15, 0.2) is 0 Å². The summed E-state index contributed by atoms with van der Waals surface area (Å²) in [5.74, 6) is 0.474. The highest BCUT2D eigenvalue weighted by atomic mass is 35.5. The Morgan fingerprint density at radius 3 is 2.93 bits per heavy atom. The average Bonchev–Trinajstić information content (AvgIpc) is 3.11. The summed E-state index contributed by atoms with van der Waals surface area (Å²) >= 11 is 6.36. The molecule has 9 heteroatoms. The Labute approximate surface area is 167 Å². The van der Waals surface area contributed by atoms with Crippen molar-refractivity contribution in [3.63, 3.8) is 0 Å². The summed E-state index contributed by atoms with van der Waals surface area (Å²) in [6, 6.07) is 5.33. The molecule has 0 bridgehead atoms. The lowest BCUT2D eigenvalue weighted by Gasteiger charge is -2.18. The lowest BCUT2D eigenvalue weighted by molar-refractivity contribution is 0.0782. The van der Waals surface area contributed by atoms with E-state index >= 15 is 0 Å². The van der Waals surface area contributed by atoms with Crippen LogP contribution in [-0.2, 0) is 0 Å². The molecule has 0 spiro atoms. The molecule has 1 aliphatic heterocycles. The fourth-order valence-corrected chi connectivity index (χ4v) is 3.24. The number of hydrogen-bond acceptors (Lipinski definition) is 6. The summed E-state index contributed by atoms with van der Waals surface area (Å²) in [5, 5.41) is 15.5. The van der Waals surface area contributed by atoms with Gasteiger partial charge in [-0.25, -0.2) is 9.37 Å². The SMILES string of the molecule is CCNc1nc(Nc2cc(C)c(C(=O)N3CCC(F)C3)cc2Cl)ncc1C#N. The minimum absolute atomic E-state index is 0.113. The molecular weight excluding hydrogens is 383 g/mol. The number of nitriles is 1. The van der Waals surface area contributed by atoms with Crippen molar-refractivity contribution in [3.05, 3.63) is 40.0 Å². The molecule has 1 saturated heterocycles. The molecule has 7 nitrogen and oxygen atoms in total. The van der Waals surface area contributed by atoms with E-state index in [4.69, 9.17) is 16.9 Å². The third-order valence-electron chi connectivity index (χ3n) is 4.46. The summed E-state index contributed by atoms with van der Waals surface area (Å²) in [5.41, 5.74) is 2.03. The first-order valence-corrected chi connectivity index (χ1v) is 9.32. The van der Waals surface area contributed by atoms with Gasteiger partial charge in [0.25, 0.3) is 5.91 Å². The van der Waals surface area contributed by atoms with Crippen molar-refractivity contribution < 1.29 is 9.18 Å². The van der Waals surface area contributed by atoms with Crippen molar-refractivity contribution in [3.8, 4) is 6.07 Å². The average molecular weight is 403 g/mol. The number of amides is 1. The summed E-state index contributed by atoms with van der Waals surface area (Å²) in [6.45, 7) is 4.82. The van der Waals surface area contributed by atoms with Gasteiger partial charge >= 0.3 is 0 Å². The summed E-state index contributed by atoms with van der Waals surface area (Å²) in [4.78, 5) is 22.6. The molecule has 2 heterocycles.